The third kappa shape index (κ3) is 7.59. The van der Waals surface area contributed by atoms with E-state index >= 15 is 0 Å². The van der Waals surface area contributed by atoms with Gasteiger partial charge in [0.05, 0.1) is 12.6 Å². The van der Waals surface area contributed by atoms with Crippen LogP contribution in [0.2, 0.25) is 0 Å². The molecule has 0 saturated heterocycles. The number of unbranched alkanes of at least 4 members (excludes halogenated alkanes) is 1. The van der Waals surface area contributed by atoms with E-state index in [9.17, 15) is 0 Å². The lowest BCUT2D eigenvalue weighted by Gasteiger charge is -2.07. The molecule has 2 heteroatoms. The number of hydrogen-bond donors (Lipinski definition) is 1. The van der Waals surface area contributed by atoms with Crippen molar-refractivity contribution in [3.8, 4) is 12.3 Å². The molecule has 12 heavy (non-hydrogen) atoms. The van der Waals surface area contributed by atoms with Gasteiger partial charge < -0.3 is 10.1 Å². The lowest BCUT2D eigenvalue weighted by molar-refractivity contribution is 0.132. The Kier molecular flexibility index (Phi) is 8.20. The highest BCUT2D eigenvalue weighted by molar-refractivity contribution is 4.95. The molecular formula is C10H19NO. The molecule has 0 rings (SSSR count). The van der Waals surface area contributed by atoms with Crippen LogP contribution in [0.5, 0.6) is 0 Å². The summed E-state index contributed by atoms with van der Waals surface area (Å²) in [5, 5.41) is 3.15. The van der Waals surface area contributed by atoms with Crippen LogP contribution in [0.1, 0.15) is 26.7 Å². The summed E-state index contributed by atoms with van der Waals surface area (Å²) in [6, 6.07) is 0.153. The van der Waals surface area contributed by atoms with Crippen molar-refractivity contribution in [1.82, 2.24) is 5.32 Å². The van der Waals surface area contributed by atoms with Gasteiger partial charge in [-0.25, -0.2) is 0 Å². The predicted octanol–water partition coefficient (Wildman–Crippen LogP) is 1.41. The first-order valence-corrected chi connectivity index (χ1v) is 4.58. The summed E-state index contributed by atoms with van der Waals surface area (Å²) in [6.07, 6.45) is 7.51. The Balaban J connectivity index is 2.96. The van der Waals surface area contributed by atoms with Gasteiger partial charge in [-0.15, -0.1) is 6.42 Å². The van der Waals surface area contributed by atoms with Crippen molar-refractivity contribution in [2.75, 3.05) is 19.8 Å². The van der Waals surface area contributed by atoms with Gasteiger partial charge in [-0.1, -0.05) is 19.3 Å². The molecule has 0 saturated carbocycles. The van der Waals surface area contributed by atoms with E-state index in [0.717, 1.165) is 26.2 Å². The van der Waals surface area contributed by atoms with Crippen LogP contribution in [-0.2, 0) is 4.74 Å². The number of hydrogen-bond acceptors (Lipinski definition) is 2. The van der Waals surface area contributed by atoms with E-state index in [4.69, 9.17) is 11.2 Å². The largest absolute Gasteiger partial charge is 0.380 e. The molecular weight excluding hydrogens is 150 g/mol. The molecule has 0 aliphatic heterocycles. The Morgan fingerprint density at radius 3 is 2.83 bits per heavy atom. The highest BCUT2D eigenvalue weighted by Crippen LogP contribution is 1.86. The summed E-state index contributed by atoms with van der Waals surface area (Å²) in [5.41, 5.74) is 0. The molecule has 70 valence electrons. The molecule has 0 amide bonds. The monoisotopic (exact) mass is 169 g/mol. The highest BCUT2D eigenvalue weighted by atomic mass is 16.5. The maximum absolute atomic E-state index is 5.34. The average molecular weight is 169 g/mol. The van der Waals surface area contributed by atoms with Crippen LogP contribution in [0, 0.1) is 12.3 Å². The molecule has 0 heterocycles. The van der Waals surface area contributed by atoms with Crippen LogP contribution < -0.4 is 5.32 Å². The molecule has 0 bridgehead atoms. The van der Waals surface area contributed by atoms with Crippen molar-refractivity contribution in [3.63, 3.8) is 0 Å². The third-order valence-corrected chi connectivity index (χ3v) is 1.59. The molecule has 0 spiro atoms. The number of nitrogens with one attached hydrogen (secondary N) is 1. The number of terminal acetylenes is 1. The van der Waals surface area contributed by atoms with Crippen LogP contribution in [0.3, 0.4) is 0 Å². The zero-order valence-electron chi connectivity index (χ0n) is 8.10. The van der Waals surface area contributed by atoms with Crippen molar-refractivity contribution in [2.45, 2.75) is 32.7 Å². The molecule has 1 unspecified atom stereocenters. The van der Waals surface area contributed by atoms with Gasteiger partial charge in [-0.3, -0.25) is 0 Å². The zero-order valence-corrected chi connectivity index (χ0v) is 8.10. The van der Waals surface area contributed by atoms with E-state index in [0.29, 0.717) is 0 Å². The maximum Gasteiger partial charge on any atom is 0.0659 e. The van der Waals surface area contributed by atoms with Gasteiger partial charge in [0.1, 0.15) is 0 Å². The molecule has 0 aromatic heterocycles. The topological polar surface area (TPSA) is 21.3 Å². The smallest absolute Gasteiger partial charge is 0.0659 e. The Morgan fingerprint density at radius 1 is 1.50 bits per heavy atom. The molecule has 0 fully saturated rings. The van der Waals surface area contributed by atoms with Crippen molar-refractivity contribution in [2.24, 2.45) is 0 Å². The van der Waals surface area contributed by atoms with Crippen LogP contribution in [0.4, 0.5) is 0 Å². The molecule has 0 aliphatic carbocycles. The van der Waals surface area contributed by atoms with Gasteiger partial charge in [0.25, 0.3) is 0 Å². The molecule has 1 atom stereocenters. The molecule has 0 aliphatic rings. The van der Waals surface area contributed by atoms with E-state index in [1.807, 2.05) is 6.92 Å². The van der Waals surface area contributed by atoms with Gasteiger partial charge in [0.15, 0.2) is 0 Å². The van der Waals surface area contributed by atoms with E-state index in [1.165, 1.54) is 6.42 Å². The van der Waals surface area contributed by atoms with Gasteiger partial charge >= 0.3 is 0 Å². The predicted molar refractivity (Wildman–Crippen MR) is 52.0 cm³/mol. The highest BCUT2D eigenvalue weighted by Gasteiger charge is 1.93. The van der Waals surface area contributed by atoms with Crippen molar-refractivity contribution < 1.29 is 4.74 Å². The van der Waals surface area contributed by atoms with Gasteiger partial charge in [-0.2, -0.15) is 0 Å². The SMILES string of the molecule is C#CC(C)NCCOCCCC. The fourth-order valence-corrected chi connectivity index (χ4v) is 0.755. The summed E-state index contributed by atoms with van der Waals surface area (Å²) in [7, 11) is 0. The zero-order chi connectivity index (χ0) is 9.23. The fraction of sp³-hybridized carbons (Fsp3) is 0.800. The van der Waals surface area contributed by atoms with Crippen LogP contribution in [0.15, 0.2) is 0 Å². The minimum Gasteiger partial charge on any atom is -0.380 e. The van der Waals surface area contributed by atoms with Gasteiger partial charge in [0, 0.05) is 13.2 Å². The second kappa shape index (κ2) is 8.58. The van der Waals surface area contributed by atoms with Crippen LogP contribution in [0.25, 0.3) is 0 Å². The molecule has 0 aromatic rings. The number of rotatable bonds is 7. The lowest BCUT2D eigenvalue weighted by atomic mass is 10.3. The van der Waals surface area contributed by atoms with Crippen molar-refractivity contribution in [3.05, 3.63) is 0 Å². The Morgan fingerprint density at radius 2 is 2.25 bits per heavy atom. The van der Waals surface area contributed by atoms with E-state index in [1.54, 1.807) is 0 Å². The maximum atomic E-state index is 5.34. The summed E-state index contributed by atoms with van der Waals surface area (Å²) in [6.45, 7) is 6.58. The standard InChI is InChI=1S/C10H19NO/c1-4-6-8-12-9-7-11-10(3)5-2/h2,10-11H,4,6-9H2,1,3H3. The first-order valence-electron chi connectivity index (χ1n) is 4.58. The van der Waals surface area contributed by atoms with Crippen molar-refractivity contribution in [1.29, 1.82) is 0 Å². The minimum atomic E-state index is 0.153. The molecule has 0 aromatic carbocycles. The fourth-order valence-electron chi connectivity index (χ4n) is 0.755. The Hall–Kier alpha value is -0.520. The number of ether oxygens (including phenoxy) is 1. The van der Waals surface area contributed by atoms with E-state index < -0.39 is 0 Å². The summed E-state index contributed by atoms with van der Waals surface area (Å²) in [4.78, 5) is 0. The lowest BCUT2D eigenvalue weighted by Crippen LogP contribution is -2.28. The first-order chi connectivity index (χ1) is 5.81. The van der Waals surface area contributed by atoms with Gasteiger partial charge in [0.2, 0.25) is 0 Å². The second-order valence-electron chi connectivity index (χ2n) is 2.81. The summed E-state index contributed by atoms with van der Waals surface area (Å²) < 4.78 is 5.34. The average Bonchev–Trinajstić information content (AvgIpc) is 2.10. The molecule has 2 nitrogen and oxygen atoms in total. The molecule has 0 radical (unpaired) electrons. The normalized spacial score (nSPS) is 12.4. The first kappa shape index (κ1) is 11.5. The van der Waals surface area contributed by atoms with E-state index in [2.05, 4.69) is 18.2 Å². The van der Waals surface area contributed by atoms with Crippen molar-refractivity contribution >= 4 is 0 Å². The second-order valence-corrected chi connectivity index (χ2v) is 2.81. The Labute approximate surface area is 75.7 Å². The quantitative estimate of drug-likeness (QED) is 0.459. The Bertz CT molecular complexity index is 128. The summed E-state index contributed by atoms with van der Waals surface area (Å²) in [5.74, 6) is 2.60. The van der Waals surface area contributed by atoms with E-state index in [-0.39, 0.29) is 6.04 Å². The van der Waals surface area contributed by atoms with Gasteiger partial charge in [-0.05, 0) is 13.3 Å². The molecule has 1 N–H and O–H groups in total. The van der Waals surface area contributed by atoms with Crippen LogP contribution >= 0.6 is 0 Å². The summed E-state index contributed by atoms with van der Waals surface area (Å²) >= 11 is 0. The minimum absolute atomic E-state index is 0.153. The van der Waals surface area contributed by atoms with Crippen LogP contribution in [-0.4, -0.2) is 25.8 Å². The third-order valence-electron chi connectivity index (χ3n) is 1.59.